The van der Waals surface area contributed by atoms with E-state index in [9.17, 15) is 9.18 Å². The first-order valence-electron chi connectivity index (χ1n) is 9.13. The third kappa shape index (κ3) is 5.14. The molecule has 1 atom stereocenters. The molecule has 1 N–H and O–H groups in total. The molecule has 5 nitrogen and oxygen atoms in total. The third-order valence-electron chi connectivity index (χ3n) is 4.57. The Morgan fingerprint density at radius 2 is 1.93 bits per heavy atom. The number of benzene rings is 2. The van der Waals surface area contributed by atoms with Crippen LogP contribution in [-0.2, 0) is 11.3 Å². The molecule has 0 bridgehead atoms. The van der Waals surface area contributed by atoms with E-state index in [2.05, 4.69) is 15.3 Å². The van der Waals surface area contributed by atoms with Crippen molar-refractivity contribution in [2.45, 2.75) is 25.4 Å². The molecule has 1 unspecified atom stereocenters. The summed E-state index contributed by atoms with van der Waals surface area (Å²) in [4.78, 5) is 14.6. The van der Waals surface area contributed by atoms with Crippen LogP contribution >= 0.6 is 0 Å². The first kappa shape index (κ1) is 19.0. The topological polar surface area (TPSA) is 50.2 Å². The fraction of sp³-hybridized carbons (Fsp3) is 0.333. The second-order valence-corrected chi connectivity index (χ2v) is 6.94. The number of nitrogens with one attached hydrogen (secondary N) is 1. The van der Waals surface area contributed by atoms with Gasteiger partial charge in [0.25, 0.3) is 0 Å². The highest BCUT2D eigenvalue weighted by Crippen LogP contribution is 2.18. The second kappa shape index (κ2) is 8.77. The van der Waals surface area contributed by atoms with Crippen molar-refractivity contribution < 1.29 is 9.18 Å². The summed E-state index contributed by atoms with van der Waals surface area (Å²) in [5.41, 5.74) is 1.93. The minimum absolute atomic E-state index is 0.0392. The van der Waals surface area contributed by atoms with E-state index in [1.54, 1.807) is 12.1 Å². The maximum Gasteiger partial charge on any atom is 0.222 e. The van der Waals surface area contributed by atoms with Crippen LogP contribution in [0.5, 0.6) is 0 Å². The molecule has 0 aliphatic heterocycles. The Morgan fingerprint density at radius 3 is 2.67 bits per heavy atom. The van der Waals surface area contributed by atoms with Crippen LogP contribution in [0.2, 0.25) is 0 Å². The van der Waals surface area contributed by atoms with Crippen molar-refractivity contribution in [2.24, 2.45) is 0 Å². The summed E-state index contributed by atoms with van der Waals surface area (Å²) in [6.45, 7) is 1.34. The molecule has 1 heterocycles. The number of carbonyl (C=O) groups is 1. The van der Waals surface area contributed by atoms with E-state index >= 15 is 0 Å². The molecule has 1 aromatic heterocycles. The molecule has 142 valence electrons. The van der Waals surface area contributed by atoms with Gasteiger partial charge in [-0.15, -0.1) is 0 Å². The molecule has 6 heteroatoms. The second-order valence-electron chi connectivity index (χ2n) is 6.94. The van der Waals surface area contributed by atoms with E-state index in [1.165, 1.54) is 12.1 Å². The van der Waals surface area contributed by atoms with Gasteiger partial charge in [-0.1, -0.05) is 30.3 Å². The third-order valence-corrected chi connectivity index (χ3v) is 4.57. The normalized spacial score (nSPS) is 12.4. The van der Waals surface area contributed by atoms with Gasteiger partial charge in [0.2, 0.25) is 5.91 Å². The Balaban J connectivity index is 1.63. The maximum absolute atomic E-state index is 13.2. The fourth-order valence-electron chi connectivity index (χ4n) is 3.08. The molecular weight excluding hydrogens is 343 g/mol. The van der Waals surface area contributed by atoms with Gasteiger partial charge >= 0.3 is 0 Å². The first-order chi connectivity index (χ1) is 13.0. The van der Waals surface area contributed by atoms with E-state index in [-0.39, 0.29) is 17.8 Å². The number of halogens is 1. The van der Waals surface area contributed by atoms with Crippen LogP contribution in [0.25, 0.3) is 10.9 Å². The van der Waals surface area contributed by atoms with Crippen LogP contribution in [0, 0.1) is 5.82 Å². The molecule has 0 saturated carbocycles. The number of hydrogen-bond donors (Lipinski definition) is 1. The number of nitrogens with zero attached hydrogens (tertiary/aromatic N) is 3. The Morgan fingerprint density at radius 1 is 1.19 bits per heavy atom. The van der Waals surface area contributed by atoms with Gasteiger partial charge in [-0.3, -0.25) is 9.48 Å². The molecule has 3 aromatic rings. The highest BCUT2D eigenvalue weighted by atomic mass is 19.1. The zero-order valence-electron chi connectivity index (χ0n) is 15.7. The molecule has 0 spiro atoms. The number of carbonyl (C=O) groups excluding carboxylic acids is 1. The Bertz CT molecular complexity index is 889. The SMILES string of the molecule is CN(C)CCC(NC(=O)CCn1ncc2ccccc21)c1ccc(F)cc1. The number of aromatic nitrogens is 2. The van der Waals surface area contributed by atoms with Crippen LogP contribution in [0.3, 0.4) is 0 Å². The number of fused-ring (bicyclic) bond motifs is 1. The van der Waals surface area contributed by atoms with Crippen LogP contribution in [0.1, 0.15) is 24.4 Å². The summed E-state index contributed by atoms with van der Waals surface area (Å²) in [6.07, 6.45) is 2.91. The average Bonchev–Trinajstić information content (AvgIpc) is 3.07. The van der Waals surface area contributed by atoms with Gasteiger partial charge < -0.3 is 10.2 Å². The lowest BCUT2D eigenvalue weighted by atomic mass is 10.0. The quantitative estimate of drug-likeness (QED) is 0.663. The van der Waals surface area contributed by atoms with Crippen molar-refractivity contribution in [1.29, 1.82) is 0 Å². The van der Waals surface area contributed by atoms with Gasteiger partial charge in [0, 0.05) is 11.8 Å². The van der Waals surface area contributed by atoms with E-state index in [1.807, 2.05) is 49.2 Å². The largest absolute Gasteiger partial charge is 0.349 e. The molecule has 0 aliphatic rings. The van der Waals surface area contributed by atoms with E-state index in [0.29, 0.717) is 13.0 Å². The summed E-state index contributed by atoms with van der Waals surface area (Å²) in [5, 5.41) is 8.51. The molecule has 3 rings (SSSR count). The molecule has 0 fully saturated rings. The predicted octanol–water partition coefficient (Wildman–Crippen LogP) is 3.37. The molecule has 2 aromatic carbocycles. The Hall–Kier alpha value is -2.73. The van der Waals surface area contributed by atoms with Crippen LogP contribution in [0.15, 0.2) is 54.7 Å². The molecule has 1 amide bonds. The van der Waals surface area contributed by atoms with E-state index in [4.69, 9.17) is 0 Å². The highest BCUT2D eigenvalue weighted by Gasteiger charge is 2.15. The number of rotatable bonds is 8. The lowest BCUT2D eigenvalue weighted by Crippen LogP contribution is -2.31. The number of hydrogen-bond acceptors (Lipinski definition) is 3. The van der Waals surface area contributed by atoms with Gasteiger partial charge in [-0.05, 0) is 50.8 Å². The average molecular weight is 368 g/mol. The first-order valence-corrected chi connectivity index (χ1v) is 9.13. The molecule has 0 aliphatic carbocycles. The smallest absolute Gasteiger partial charge is 0.222 e. The Kier molecular flexibility index (Phi) is 6.19. The zero-order valence-corrected chi connectivity index (χ0v) is 15.7. The predicted molar refractivity (Wildman–Crippen MR) is 105 cm³/mol. The monoisotopic (exact) mass is 368 g/mol. The highest BCUT2D eigenvalue weighted by molar-refractivity contribution is 5.79. The van der Waals surface area contributed by atoms with E-state index in [0.717, 1.165) is 29.4 Å². The van der Waals surface area contributed by atoms with E-state index < -0.39 is 0 Å². The van der Waals surface area contributed by atoms with Crippen molar-refractivity contribution in [3.05, 3.63) is 66.1 Å². The molecule has 0 radical (unpaired) electrons. The van der Waals surface area contributed by atoms with Gasteiger partial charge in [0.05, 0.1) is 24.3 Å². The Labute approximate surface area is 158 Å². The van der Waals surface area contributed by atoms with Crippen molar-refractivity contribution in [2.75, 3.05) is 20.6 Å². The standard InChI is InChI=1S/C21H25FN4O/c1-25(2)13-11-19(16-7-9-18(22)10-8-16)24-21(27)12-14-26-20-6-4-3-5-17(20)15-23-26/h3-10,15,19H,11-14H2,1-2H3,(H,24,27). The minimum atomic E-state index is -0.276. The van der Waals surface area contributed by atoms with Crippen LogP contribution in [-0.4, -0.2) is 41.2 Å². The summed E-state index contributed by atoms with van der Waals surface area (Å²) < 4.78 is 15.1. The summed E-state index contributed by atoms with van der Waals surface area (Å²) in [6, 6.07) is 14.1. The van der Waals surface area contributed by atoms with Crippen molar-refractivity contribution >= 4 is 16.8 Å². The van der Waals surface area contributed by atoms with Gasteiger partial charge in [-0.25, -0.2) is 4.39 Å². The zero-order chi connectivity index (χ0) is 19.2. The van der Waals surface area contributed by atoms with Gasteiger partial charge in [0.15, 0.2) is 0 Å². The fourth-order valence-corrected chi connectivity index (χ4v) is 3.08. The summed E-state index contributed by atoms with van der Waals surface area (Å²) >= 11 is 0. The maximum atomic E-state index is 13.2. The lowest BCUT2D eigenvalue weighted by molar-refractivity contribution is -0.122. The molecule has 27 heavy (non-hydrogen) atoms. The van der Waals surface area contributed by atoms with Gasteiger partial charge in [0.1, 0.15) is 5.82 Å². The van der Waals surface area contributed by atoms with Crippen molar-refractivity contribution in [3.63, 3.8) is 0 Å². The molecule has 0 saturated heterocycles. The summed E-state index contributed by atoms with van der Waals surface area (Å²) in [5.74, 6) is -0.315. The number of aryl methyl sites for hydroxylation is 1. The summed E-state index contributed by atoms with van der Waals surface area (Å²) in [7, 11) is 3.98. The lowest BCUT2D eigenvalue weighted by Gasteiger charge is -2.21. The number of para-hydroxylation sites is 1. The van der Waals surface area contributed by atoms with Crippen LogP contribution in [0.4, 0.5) is 4.39 Å². The minimum Gasteiger partial charge on any atom is -0.349 e. The van der Waals surface area contributed by atoms with Crippen LogP contribution < -0.4 is 5.32 Å². The number of amides is 1. The van der Waals surface area contributed by atoms with Crippen molar-refractivity contribution in [3.8, 4) is 0 Å². The molecular formula is C21H25FN4O. The van der Waals surface area contributed by atoms with Crippen molar-refractivity contribution in [1.82, 2.24) is 20.0 Å². The van der Waals surface area contributed by atoms with Gasteiger partial charge in [-0.2, -0.15) is 5.10 Å².